The van der Waals surface area contributed by atoms with Crippen molar-refractivity contribution in [3.8, 4) is 0 Å². The Morgan fingerprint density at radius 2 is 2.31 bits per heavy atom. The van der Waals surface area contributed by atoms with Gasteiger partial charge in [0.15, 0.2) is 5.65 Å². The molecule has 0 spiro atoms. The monoisotopic (exact) mass is 218 g/mol. The zero-order valence-electron chi connectivity index (χ0n) is 9.17. The summed E-state index contributed by atoms with van der Waals surface area (Å²) in [4.78, 5) is 10.8. The molecule has 1 aliphatic heterocycles. The maximum absolute atomic E-state index is 5.91. The average molecular weight is 218 g/mol. The Balaban J connectivity index is 2.09. The highest BCUT2D eigenvalue weighted by molar-refractivity contribution is 5.86. The van der Waals surface area contributed by atoms with Crippen LogP contribution in [0.2, 0.25) is 0 Å². The highest BCUT2D eigenvalue weighted by atomic mass is 15.3. The molecule has 2 N–H and O–H groups in total. The number of hydrogen-bond donors (Lipinski definition) is 1. The quantitative estimate of drug-likeness (QED) is 0.723. The van der Waals surface area contributed by atoms with Gasteiger partial charge in [0.05, 0.1) is 11.6 Å². The summed E-state index contributed by atoms with van der Waals surface area (Å²) in [5.74, 6) is 0.950. The first-order valence-corrected chi connectivity index (χ1v) is 5.39. The fourth-order valence-electron chi connectivity index (χ4n) is 2.18. The van der Waals surface area contributed by atoms with E-state index in [0.29, 0.717) is 0 Å². The average Bonchev–Trinajstić information content (AvgIpc) is 2.86. The van der Waals surface area contributed by atoms with Crippen molar-refractivity contribution in [3.63, 3.8) is 0 Å². The van der Waals surface area contributed by atoms with Crippen LogP contribution in [0.1, 0.15) is 6.42 Å². The van der Waals surface area contributed by atoms with Gasteiger partial charge < -0.3 is 10.6 Å². The van der Waals surface area contributed by atoms with Crippen LogP contribution in [-0.4, -0.2) is 38.9 Å². The molecule has 16 heavy (non-hydrogen) atoms. The Bertz CT molecular complexity index is 519. The van der Waals surface area contributed by atoms with E-state index in [-0.39, 0.29) is 6.04 Å². The number of fused-ring (bicyclic) bond motifs is 1. The maximum atomic E-state index is 5.91. The smallest absolute Gasteiger partial charge is 0.163 e. The van der Waals surface area contributed by atoms with Crippen LogP contribution in [0, 0.1) is 0 Å². The molecule has 0 aromatic carbocycles. The van der Waals surface area contributed by atoms with Gasteiger partial charge in [0.25, 0.3) is 0 Å². The second kappa shape index (κ2) is 3.41. The summed E-state index contributed by atoms with van der Waals surface area (Å²) in [5.41, 5.74) is 6.77. The predicted octanol–water partition coefficient (Wildman–Crippen LogP) is -0.0993. The van der Waals surface area contributed by atoms with E-state index in [9.17, 15) is 0 Å². The first kappa shape index (κ1) is 9.53. The third-order valence-corrected chi connectivity index (χ3v) is 3.03. The van der Waals surface area contributed by atoms with Gasteiger partial charge in [0.2, 0.25) is 0 Å². The van der Waals surface area contributed by atoms with Crippen molar-refractivity contribution in [1.29, 1.82) is 0 Å². The summed E-state index contributed by atoms with van der Waals surface area (Å²) >= 11 is 0. The molecule has 0 saturated carbocycles. The summed E-state index contributed by atoms with van der Waals surface area (Å²) < 4.78 is 1.76. The first-order valence-electron chi connectivity index (χ1n) is 5.39. The fourth-order valence-corrected chi connectivity index (χ4v) is 2.18. The highest BCUT2D eigenvalue weighted by Gasteiger charge is 2.22. The molecule has 0 amide bonds. The normalized spacial score (nSPS) is 20.9. The fraction of sp³-hybridized carbons (Fsp3) is 0.500. The van der Waals surface area contributed by atoms with Crippen molar-refractivity contribution in [1.82, 2.24) is 19.7 Å². The summed E-state index contributed by atoms with van der Waals surface area (Å²) in [7, 11) is 1.88. The van der Waals surface area contributed by atoms with Crippen LogP contribution in [-0.2, 0) is 7.05 Å². The van der Waals surface area contributed by atoms with Crippen LogP contribution >= 0.6 is 0 Å². The van der Waals surface area contributed by atoms with Gasteiger partial charge in [-0.15, -0.1) is 0 Å². The number of anilines is 1. The van der Waals surface area contributed by atoms with Crippen LogP contribution in [0.15, 0.2) is 12.5 Å². The number of aromatic nitrogens is 4. The molecule has 1 atom stereocenters. The summed E-state index contributed by atoms with van der Waals surface area (Å²) in [6, 6.07) is 0.252. The molecular formula is C10H14N6. The minimum atomic E-state index is 0.252. The SMILES string of the molecule is Cn1ncc2c(N3CCC(N)C3)ncnc21. The Kier molecular flexibility index (Phi) is 2.03. The van der Waals surface area contributed by atoms with Gasteiger partial charge in [-0.2, -0.15) is 5.10 Å². The zero-order chi connectivity index (χ0) is 11.1. The van der Waals surface area contributed by atoms with E-state index in [0.717, 1.165) is 36.4 Å². The Morgan fingerprint density at radius 3 is 3.06 bits per heavy atom. The lowest BCUT2D eigenvalue weighted by Gasteiger charge is -2.16. The molecule has 1 fully saturated rings. The second-order valence-electron chi connectivity index (χ2n) is 4.20. The minimum absolute atomic E-state index is 0.252. The number of nitrogens with two attached hydrogens (primary N) is 1. The Hall–Kier alpha value is -1.69. The molecule has 0 aliphatic carbocycles. The lowest BCUT2D eigenvalue weighted by Crippen LogP contribution is -2.27. The van der Waals surface area contributed by atoms with Crippen molar-refractivity contribution in [2.24, 2.45) is 12.8 Å². The zero-order valence-corrected chi connectivity index (χ0v) is 9.17. The van der Waals surface area contributed by atoms with E-state index in [1.54, 1.807) is 11.0 Å². The van der Waals surface area contributed by atoms with E-state index < -0.39 is 0 Å². The van der Waals surface area contributed by atoms with Crippen molar-refractivity contribution < 1.29 is 0 Å². The molecule has 3 heterocycles. The largest absolute Gasteiger partial charge is 0.354 e. The van der Waals surface area contributed by atoms with Crippen LogP contribution < -0.4 is 10.6 Å². The third-order valence-electron chi connectivity index (χ3n) is 3.03. The molecule has 6 heteroatoms. The molecule has 0 bridgehead atoms. The van der Waals surface area contributed by atoms with Crippen LogP contribution in [0.5, 0.6) is 0 Å². The molecule has 1 aliphatic rings. The molecule has 1 unspecified atom stereocenters. The molecule has 1 saturated heterocycles. The lowest BCUT2D eigenvalue weighted by atomic mass is 10.3. The van der Waals surface area contributed by atoms with E-state index in [1.165, 1.54) is 0 Å². The van der Waals surface area contributed by atoms with Gasteiger partial charge >= 0.3 is 0 Å². The molecule has 84 valence electrons. The van der Waals surface area contributed by atoms with Gasteiger partial charge in [0, 0.05) is 26.2 Å². The van der Waals surface area contributed by atoms with E-state index in [4.69, 9.17) is 5.73 Å². The molecule has 3 rings (SSSR count). The topological polar surface area (TPSA) is 72.9 Å². The van der Waals surface area contributed by atoms with Gasteiger partial charge in [-0.3, -0.25) is 4.68 Å². The van der Waals surface area contributed by atoms with E-state index in [2.05, 4.69) is 20.0 Å². The van der Waals surface area contributed by atoms with E-state index >= 15 is 0 Å². The lowest BCUT2D eigenvalue weighted by molar-refractivity contribution is 0.751. The molecule has 0 radical (unpaired) electrons. The second-order valence-corrected chi connectivity index (χ2v) is 4.20. The molecular weight excluding hydrogens is 204 g/mol. The first-order chi connectivity index (χ1) is 7.75. The van der Waals surface area contributed by atoms with Gasteiger partial charge in [-0.25, -0.2) is 9.97 Å². The van der Waals surface area contributed by atoms with Gasteiger partial charge in [-0.1, -0.05) is 0 Å². The van der Waals surface area contributed by atoms with Crippen molar-refractivity contribution in [2.45, 2.75) is 12.5 Å². The Morgan fingerprint density at radius 1 is 1.44 bits per heavy atom. The maximum Gasteiger partial charge on any atom is 0.163 e. The van der Waals surface area contributed by atoms with Crippen LogP contribution in [0.25, 0.3) is 11.0 Å². The summed E-state index contributed by atoms with van der Waals surface area (Å²) in [5, 5.41) is 5.20. The van der Waals surface area contributed by atoms with E-state index in [1.807, 2.05) is 13.2 Å². The van der Waals surface area contributed by atoms with Crippen molar-refractivity contribution in [2.75, 3.05) is 18.0 Å². The van der Waals surface area contributed by atoms with Gasteiger partial charge in [-0.05, 0) is 6.42 Å². The molecule has 6 nitrogen and oxygen atoms in total. The van der Waals surface area contributed by atoms with Crippen LogP contribution in [0.4, 0.5) is 5.82 Å². The number of hydrogen-bond acceptors (Lipinski definition) is 5. The summed E-state index contributed by atoms with van der Waals surface area (Å²) in [6.45, 7) is 1.82. The van der Waals surface area contributed by atoms with Gasteiger partial charge in [0.1, 0.15) is 12.1 Å². The number of rotatable bonds is 1. The predicted molar refractivity (Wildman–Crippen MR) is 61.1 cm³/mol. The third kappa shape index (κ3) is 1.34. The van der Waals surface area contributed by atoms with Crippen LogP contribution in [0.3, 0.4) is 0 Å². The Labute approximate surface area is 93.1 Å². The number of aryl methyl sites for hydroxylation is 1. The minimum Gasteiger partial charge on any atom is -0.354 e. The summed E-state index contributed by atoms with van der Waals surface area (Å²) in [6.07, 6.45) is 4.42. The number of nitrogens with zero attached hydrogens (tertiary/aromatic N) is 5. The molecule has 2 aromatic rings. The molecule has 2 aromatic heterocycles. The van der Waals surface area contributed by atoms with Crippen molar-refractivity contribution in [3.05, 3.63) is 12.5 Å². The van der Waals surface area contributed by atoms with Crippen molar-refractivity contribution >= 4 is 16.9 Å². The standard InChI is InChI=1S/C10H14N6/c1-15-9-8(4-14-15)10(13-6-12-9)16-3-2-7(11)5-16/h4,6-7H,2-3,5,11H2,1H3. The highest BCUT2D eigenvalue weighted by Crippen LogP contribution is 2.24.